The number of likely N-dealkylation sites (N-methyl/N-ethyl adjacent to an activating group) is 1. The number of hydrogen-bond donors (Lipinski definition) is 3. The van der Waals surface area contributed by atoms with Crippen molar-refractivity contribution in [2.45, 2.75) is 79.8 Å². The maximum Gasteiger partial charge on any atom is 0.238 e. The first kappa shape index (κ1) is 30.0. The molecule has 2 atom stereocenters. The lowest BCUT2D eigenvalue weighted by atomic mass is 10.0. The van der Waals surface area contributed by atoms with E-state index in [2.05, 4.69) is 10.6 Å². The van der Waals surface area contributed by atoms with E-state index < -0.39 is 6.04 Å². The molecular formula is C22H43N3O2. The van der Waals surface area contributed by atoms with E-state index in [0.29, 0.717) is 25.8 Å². The van der Waals surface area contributed by atoms with Crippen molar-refractivity contribution in [2.24, 2.45) is 5.73 Å². The molecule has 1 aromatic carbocycles. The van der Waals surface area contributed by atoms with Crippen molar-refractivity contribution < 1.29 is 9.59 Å². The van der Waals surface area contributed by atoms with Gasteiger partial charge in [-0.1, -0.05) is 71.9 Å². The van der Waals surface area contributed by atoms with Crippen LogP contribution in [0.25, 0.3) is 0 Å². The van der Waals surface area contributed by atoms with Crippen molar-refractivity contribution in [1.82, 2.24) is 10.6 Å². The van der Waals surface area contributed by atoms with Gasteiger partial charge in [0.25, 0.3) is 0 Å². The van der Waals surface area contributed by atoms with Crippen LogP contribution in [-0.2, 0) is 16.0 Å². The number of Topliss-reactive ketones (excluding diaryl/α,β-unsaturated/α-hetero) is 1. The molecule has 158 valence electrons. The monoisotopic (exact) mass is 381 g/mol. The molecule has 0 aliphatic heterocycles. The first-order valence-corrected chi connectivity index (χ1v) is 10.3. The van der Waals surface area contributed by atoms with E-state index in [1.807, 2.05) is 71.9 Å². The van der Waals surface area contributed by atoms with E-state index in [1.54, 1.807) is 7.05 Å². The Labute approximate surface area is 167 Å². The van der Waals surface area contributed by atoms with Crippen LogP contribution in [0.3, 0.4) is 0 Å². The molecule has 1 rings (SSSR count). The summed E-state index contributed by atoms with van der Waals surface area (Å²) in [4.78, 5) is 23.9. The fourth-order valence-corrected chi connectivity index (χ4v) is 2.15. The van der Waals surface area contributed by atoms with E-state index in [9.17, 15) is 9.59 Å². The lowest BCUT2D eigenvalue weighted by molar-refractivity contribution is -0.128. The Kier molecular flexibility index (Phi) is 24.8. The molecule has 0 spiro atoms. The molecule has 0 fully saturated rings. The number of hydrogen-bond acceptors (Lipinski definition) is 4. The van der Waals surface area contributed by atoms with Gasteiger partial charge in [-0.2, -0.15) is 0 Å². The van der Waals surface area contributed by atoms with Gasteiger partial charge < -0.3 is 16.4 Å². The normalized spacial score (nSPS) is 11.1. The van der Waals surface area contributed by atoms with Crippen LogP contribution in [-0.4, -0.2) is 37.4 Å². The third-order valence-electron chi connectivity index (χ3n) is 3.45. The Balaban J connectivity index is -0.000000869. The molecule has 4 N–H and O–H groups in total. The summed E-state index contributed by atoms with van der Waals surface area (Å²) < 4.78 is 0. The highest BCUT2D eigenvalue weighted by molar-refractivity contribution is 5.89. The molecule has 0 aliphatic carbocycles. The average molecular weight is 382 g/mol. The zero-order valence-corrected chi connectivity index (χ0v) is 18.8. The van der Waals surface area contributed by atoms with Crippen molar-refractivity contribution in [2.75, 3.05) is 13.6 Å². The van der Waals surface area contributed by atoms with Crippen LogP contribution in [0.5, 0.6) is 0 Å². The third kappa shape index (κ3) is 15.1. The quantitative estimate of drug-likeness (QED) is 0.609. The number of ketones is 1. The Hall–Kier alpha value is -1.72. The highest BCUT2D eigenvalue weighted by Crippen LogP contribution is 2.05. The predicted molar refractivity (Wildman–Crippen MR) is 118 cm³/mol. The smallest absolute Gasteiger partial charge is 0.238 e. The summed E-state index contributed by atoms with van der Waals surface area (Å²) in [6.07, 6.45) is 1.89. The minimum absolute atomic E-state index is 0.0358. The largest absolute Gasteiger partial charge is 0.345 e. The lowest BCUT2D eigenvalue weighted by Gasteiger charge is -2.21. The fourth-order valence-electron chi connectivity index (χ4n) is 2.15. The molecule has 0 aromatic heterocycles. The molecule has 1 aromatic rings. The van der Waals surface area contributed by atoms with Gasteiger partial charge in [0.05, 0.1) is 12.1 Å². The van der Waals surface area contributed by atoms with E-state index in [1.165, 1.54) is 6.92 Å². The number of benzene rings is 1. The first-order chi connectivity index (χ1) is 13.1. The van der Waals surface area contributed by atoms with Crippen molar-refractivity contribution in [1.29, 1.82) is 0 Å². The lowest BCUT2D eigenvalue weighted by Crippen LogP contribution is -2.49. The minimum Gasteiger partial charge on any atom is -0.345 e. The maximum absolute atomic E-state index is 12.3. The Morgan fingerprint density at radius 3 is 1.89 bits per heavy atom. The third-order valence-corrected chi connectivity index (χ3v) is 3.45. The van der Waals surface area contributed by atoms with Gasteiger partial charge in [0, 0.05) is 0 Å². The second-order valence-corrected chi connectivity index (χ2v) is 5.13. The molecule has 27 heavy (non-hydrogen) atoms. The van der Waals surface area contributed by atoms with E-state index in [0.717, 1.165) is 5.56 Å². The van der Waals surface area contributed by atoms with Crippen molar-refractivity contribution in [3.8, 4) is 0 Å². The van der Waals surface area contributed by atoms with Gasteiger partial charge in [0.1, 0.15) is 0 Å². The van der Waals surface area contributed by atoms with Crippen LogP contribution >= 0.6 is 0 Å². The number of amides is 1. The summed E-state index contributed by atoms with van der Waals surface area (Å²) in [6, 6.07) is 8.98. The Bertz CT molecular complexity index is 450. The average Bonchev–Trinajstić information content (AvgIpc) is 2.74. The Morgan fingerprint density at radius 1 is 0.963 bits per heavy atom. The number of carbonyl (C=O) groups excluding carboxylic acids is 2. The summed E-state index contributed by atoms with van der Waals surface area (Å²) in [5, 5.41) is 5.82. The van der Waals surface area contributed by atoms with Crippen molar-refractivity contribution in [3.63, 3.8) is 0 Å². The van der Waals surface area contributed by atoms with Gasteiger partial charge in [-0.15, -0.1) is 0 Å². The minimum atomic E-state index is -0.451. The van der Waals surface area contributed by atoms with E-state index in [4.69, 9.17) is 5.73 Å². The Morgan fingerprint density at radius 2 is 1.48 bits per heavy atom. The van der Waals surface area contributed by atoms with E-state index >= 15 is 0 Å². The van der Waals surface area contributed by atoms with Crippen LogP contribution in [0.4, 0.5) is 0 Å². The topological polar surface area (TPSA) is 84.2 Å². The number of nitrogens with one attached hydrogen (secondary N) is 2. The summed E-state index contributed by atoms with van der Waals surface area (Å²) in [5.41, 5.74) is 6.54. The molecule has 0 heterocycles. The summed E-state index contributed by atoms with van der Waals surface area (Å²) in [5.74, 6) is -0.190. The van der Waals surface area contributed by atoms with Gasteiger partial charge in [-0.05, 0) is 45.3 Å². The summed E-state index contributed by atoms with van der Waals surface area (Å²) in [7, 11) is 1.75. The van der Waals surface area contributed by atoms with E-state index in [-0.39, 0.29) is 17.7 Å². The standard InChI is InChI=1S/C16H25N3O2.3C2H6/c1-12(20)14(9-6-10-17)19-16(21)15(18-2)11-13-7-4-3-5-8-13;3*1-2/h3-5,7-8,14-15,18H,6,9-11,17H2,1-2H3,(H,19,21);3*1-2H3. The molecule has 0 saturated carbocycles. The molecule has 0 saturated heterocycles. The zero-order chi connectivity index (χ0) is 21.7. The molecule has 0 bridgehead atoms. The van der Waals surface area contributed by atoms with Gasteiger partial charge in [0.2, 0.25) is 5.91 Å². The number of carbonyl (C=O) groups is 2. The van der Waals surface area contributed by atoms with Crippen LogP contribution in [0.2, 0.25) is 0 Å². The molecule has 2 unspecified atom stereocenters. The number of rotatable bonds is 9. The van der Waals surface area contributed by atoms with Crippen LogP contribution < -0.4 is 16.4 Å². The van der Waals surface area contributed by atoms with Gasteiger partial charge in [-0.3, -0.25) is 9.59 Å². The number of nitrogens with two attached hydrogens (primary N) is 1. The SMILES string of the molecule is CC.CC.CC.CNC(Cc1ccccc1)C(=O)NC(CCCN)C(C)=O. The molecule has 0 radical (unpaired) electrons. The van der Waals surface area contributed by atoms with Gasteiger partial charge >= 0.3 is 0 Å². The molecular weight excluding hydrogens is 338 g/mol. The molecule has 0 aliphatic rings. The second-order valence-electron chi connectivity index (χ2n) is 5.13. The predicted octanol–water partition coefficient (Wildman–Crippen LogP) is 3.71. The van der Waals surface area contributed by atoms with Crippen LogP contribution in [0.15, 0.2) is 30.3 Å². The zero-order valence-electron chi connectivity index (χ0n) is 18.8. The van der Waals surface area contributed by atoms with Crippen molar-refractivity contribution >= 4 is 11.7 Å². The highest BCUT2D eigenvalue weighted by Gasteiger charge is 2.22. The fraction of sp³-hybridized carbons (Fsp3) is 0.636. The summed E-state index contributed by atoms with van der Waals surface area (Å²) in [6.45, 7) is 14.0. The van der Waals surface area contributed by atoms with Gasteiger partial charge in [-0.25, -0.2) is 0 Å². The van der Waals surface area contributed by atoms with Gasteiger partial charge in [0.15, 0.2) is 5.78 Å². The molecule has 5 nitrogen and oxygen atoms in total. The van der Waals surface area contributed by atoms with Crippen LogP contribution in [0, 0.1) is 0 Å². The molecule has 1 amide bonds. The summed E-state index contributed by atoms with van der Waals surface area (Å²) >= 11 is 0. The second kappa shape index (κ2) is 22.3. The van der Waals surface area contributed by atoms with Crippen LogP contribution in [0.1, 0.15) is 66.9 Å². The molecule has 5 heteroatoms. The van der Waals surface area contributed by atoms with Crippen molar-refractivity contribution in [3.05, 3.63) is 35.9 Å². The maximum atomic E-state index is 12.3. The first-order valence-electron chi connectivity index (χ1n) is 10.3. The highest BCUT2D eigenvalue weighted by atomic mass is 16.2.